The van der Waals surface area contributed by atoms with Crippen molar-refractivity contribution in [3.63, 3.8) is 0 Å². The van der Waals surface area contributed by atoms with Gasteiger partial charge in [0, 0.05) is 0 Å². The van der Waals surface area contributed by atoms with Crippen molar-refractivity contribution in [3.8, 4) is 0 Å². The number of hydrogen-bond donors (Lipinski definition) is 5. The summed E-state index contributed by atoms with van der Waals surface area (Å²) in [4.78, 5) is 10.4. The molecule has 1 fully saturated rings. The SMILES string of the molecule is O=C(O)[C@@H]1O[C@@H](O)[C@H](O)[C@H](O)[C@H]1O. The molecule has 0 aliphatic carbocycles. The second-order valence-electron chi connectivity index (χ2n) is 2.76. The van der Waals surface area contributed by atoms with E-state index in [2.05, 4.69) is 4.74 Å². The summed E-state index contributed by atoms with van der Waals surface area (Å²) < 4.78 is 4.34. The molecule has 0 radical (unpaired) electrons. The van der Waals surface area contributed by atoms with Crippen LogP contribution in [0.15, 0.2) is 0 Å². The highest BCUT2D eigenvalue weighted by molar-refractivity contribution is 5.73. The lowest BCUT2D eigenvalue weighted by Crippen LogP contribution is -2.59. The van der Waals surface area contributed by atoms with Crippen molar-refractivity contribution in [1.82, 2.24) is 0 Å². The molecule has 1 saturated heterocycles. The summed E-state index contributed by atoms with van der Waals surface area (Å²) in [7, 11) is 0. The van der Waals surface area contributed by atoms with Crippen LogP contribution in [0.4, 0.5) is 0 Å². The van der Waals surface area contributed by atoms with E-state index in [0.29, 0.717) is 0 Å². The quantitative estimate of drug-likeness (QED) is 0.298. The van der Waals surface area contributed by atoms with Crippen molar-refractivity contribution >= 4 is 5.97 Å². The molecule has 0 unspecified atom stereocenters. The molecule has 13 heavy (non-hydrogen) atoms. The van der Waals surface area contributed by atoms with Crippen LogP contribution in [0, 0.1) is 0 Å². The third-order valence-corrected chi connectivity index (χ3v) is 1.83. The number of aliphatic carboxylic acids is 1. The Balaban J connectivity index is 2.76. The zero-order valence-electron chi connectivity index (χ0n) is 6.44. The predicted molar refractivity (Wildman–Crippen MR) is 36.5 cm³/mol. The fourth-order valence-corrected chi connectivity index (χ4v) is 1.07. The third kappa shape index (κ3) is 1.79. The molecule has 0 aromatic carbocycles. The molecule has 7 heteroatoms. The molecule has 1 aliphatic heterocycles. The minimum absolute atomic E-state index is 1.52. The van der Waals surface area contributed by atoms with Crippen LogP contribution in [0.2, 0.25) is 0 Å². The van der Waals surface area contributed by atoms with Crippen LogP contribution in [0.25, 0.3) is 0 Å². The highest BCUT2D eigenvalue weighted by Gasteiger charge is 2.46. The van der Waals surface area contributed by atoms with Crippen molar-refractivity contribution < 1.29 is 35.1 Å². The summed E-state index contributed by atoms with van der Waals surface area (Å²) in [6.07, 6.45) is -8.72. The zero-order chi connectivity index (χ0) is 10.2. The number of rotatable bonds is 1. The van der Waals surface area contributed by atoms with E-state index in [4.69, 9.17) is 25.5 Å². The molecule has 1 aliphatic rings. The average Bonchev–Trinajstić information content (AvgIpc) is 2.07. The Bertz CT molecular complexity index is 205. The van der Waals surface area contributed by atoms with Crippen LogP contribution in [-0.4, -0.2) is 62.2 Å². The lowest BCUT2D eigenvalue weighted by molar-refractivity contribution is -0.279. The van der Waals surface area contributed by atoms with Gasteiger partial charge in [-0.25, -0.2) is 4.79 Å². The summed E-state index contributed by atoms with van der Waals surface area (Å²) in [5.41, 5.74) is 0. The topological polar surface area (TPSA) is 127 Å². The first-order valence-corrected chi connectivity index (χ1v) is 3.55. The summed E-state index contributed by atoms with van der Waals surface area (Å²) in [6, 6.07) is 0. The Kier molecular flexibility index (Phi) is 2.84. The first-order chi connectivity index (χ1) is 5.95. The Morgan fingerprint density at radius 3 is 2.00 bits per heavy atom. The summed E-state index contributed by atoms with van der Waals surface area (Å²) in [6.45, 7) is 0. The van der Waals surface area contributed by atoms with E-state index in [1.807, 2.05) is 0 Å². The first-order valence-electron chi connectivity index (χ1n) is 3.55. The first kappa shape index (κ1) is 10.4. The van der Waals surface area contributed by atoms with Gasteiger partial charge in [-0.3, -0.25) is 0 Å². The van der Waals surface area contributed by atoms with Crippen LogP contribution >= 0.6 is 0 Å². The molecule has 0 spiro atoms. The number of hydrogen-bond acceptors (Lipinski definition) is 6. The van der Waals surface area contributed by atoms with E-state index in [9.17, 15) is 4.79 Å². The Labute approximate surface area is 72.8 Å². The van der Waals surface area contributed by atoms with Gasteiger partial charge in [0.1, 0.15) is 18.3 Å². The molecule has 5 atom stereocenters. The minimum Gasteiger partial charge on any atom is -0.479 e. The fourth-order valence-electron chi connectivity index (χ4n) is 1.07. The molecule has 5 N–H and O–H groups in total. The molecule has 0 saturated carbocycles. The van der Waals surface area contributed by atoms with Crippen molar-refractivity contribution in [2.45, 2.75) is 30.7 Å². The Morgan fingerprint density at radius 1 is 1.00 bits per heavy atom. The smallest absolute Gasteiger partial charge is 0.335 e. The maximum Gasteiger partial charge on any atom is 0.335 e. The van der Waals surface area contributed by atoms with Crippen LogP contribution in [0.1, 0.15) is 0 Å². The minimum atomic E-state index is -1.81. The number of aliphatic hydroxyl groups excluding tert-OH is 4. The number of carbonyl (C=O) groups is 1. The van der Waals surface area contributed by atoms with Gasteiger partial charge >= 0.3 is 5.97 Å². The zero-order valence-corrected chi connectivity index (χ0v) is 6.44. The van der Waals surface area contributed by atoms with Crippen molar-refractivity contribution in [1.29, 1.82) is 0 Å². The number of ether oxygens (including phenoxy) is 1. The number of carboxylic acids is 1. The summed E-state index contributed by atoms with van der Waals surface area (Å²) >= 11 is 0. The number of carboxylic acid groups (broad SMARTS) is 1. The van der Waals surface area contributed by atoms with Gasteiger partial charge in [0.25, 0.3) is 0 Å². The molecule has 0 aromatic heterocycles. The maximum absolute atomic E-state index is 10.4. The van der Waals surface area contributed by atoms with Gasteiger partial charge in [0.05, 0.1) is 0 Å². The fraction of sp³-hybridized carbons (Fsp3) is 0.833. The van der Waals surface area contributed by atoms with Gasteiger partial charge in [0.2, 0.25) is 0 Å². The van der Waals surface area contributed by atoms with E-state index in [-0.39, 0.29) is 0 Å². The third-order valence-electron chi connectivity index (χ3n) is 1.83. The van der Waals surface area contributed by atoms with E-state index in [1.54, 1.807) is 0 Å². The molecule has 0 aromatic rings. The highest BCUT2D eigenvalue weighted by Crippen LogP contribution is 2.19. The monoisotopic (exact) mass is 194 g/mol. The number of aliphatic hydroxyl groups is 4. The summed E-state index contributed by atoms with van der Waals surface area (Å²) in [5.74, 6) is -1.52. The van der Waals surface area contributed by atoms with Crippen LogP contribution in [0.5, 0.6) is 0 Å². The lowest BCUT2D eigenvalue weighted by atomic mass is 9.99. The molecule has 76 valence electrons. The predicted octanol–water partition coefficient (Wildman–Crippen LogP) is -3.13. The lowest BCUT2D eigenvalue weighted by Gasteiger charge is -2.36. The second kappa shape index (κ2) is 3.56. The van der Waals surface area contributed by atoms with Gasteiger partial charge in [-0.1, -0.05) is 0 Å². The Morgan fingerprint density at radius 2 is 1.54 bits per heavy atom. The normalized spacial score (nSPS) is 46.0. The van der Waals surface area contributed by atoms with Gasteiger partial charge < -0.3 is 30.3 Å². The Hall–Kier alpha value is -0.730. The van der Waals surface area contributed by atoms with E-state index in [0.717, 1.165) is 0 Å². The van der Waals surface area contributed by atoms with Gasteiger partial charge in [-0.2, -0.15) is 0 Å². The van der Waals surface area contributed by atoms with Crippen LogP contribution < -0.4 is 0 Å². The van der Waals surface area contributed by atoms with Crippen molar-refractivity contribution in [3.05, 3.63) is 0 Å². The second-order valence-corrected chi connectivity index (χ2v) is 2.76. The summed E-state index contributed by atoms with van der Waals surface area (Å²) in [5, 5.41) is 44.4. The molecule has 0 bridgehead atoms. The molecule has 1 heterocycles. The van der Waals surface area contributed by atoms with Crippen molar-refractivity contribution in [2.75, 3.05) is 0 Å². The molecule has 1 rings (SSSR count). The standard InChI is InChI=1S/C6H10O7/c7-1-2(8)4(5(10)11)13-6(12)3(1)9/h1-4,6-9,12H,(H,10,11)/t1-,2-,3-,4-,6-/m1/s1. The van der Waals surface area contributed by atoms with Gasteiger partial charge in [0.15, 0.2) is 12.4 Å². The molecular weight excluding hydrogens is 184 g/mol. The molecule has 7 nitrogen and oxygen atoms in total. The van der Waals surface area contributed by atoms with Crippen molar-refractivity contribution in [2.24, 2.45) is 0 Å². The van der Waals surface area contributed by atoms with E-state index in [1.165, 1.54) is 0 Å². The molecule has 0 amide bonds. The van der Waals surface area contributed by atoms with E-state index < -0.39 is 36.7 Å². The van der Waals surface area contributed by atoms with Crippen LogP contribution in [0.3, 0.4) is 0 Å². The highest BCUT2D eigenvalue weighted by atomic mass is 16.6. The average molecular weight is 194 g/mol. The van der Waals surface area contributed by atoms with E-state index >= 15 is 0 Å². The maximum atomic E-state index is 10.4. The molecular formula is C6H10O7. The van der Waals surface area contributed by atoms with Gasteiger partial charge in [-0.15, -0.1) is 0 Å². The van der Waals surface area contributed by atoms with Gasteiger partial charge in [-0.05, 0) is 0 Å². The largest absolute Gasteiger partial charge is 0.479 e. The van der Waals surface area contributed by atoms with Crippen LogP contribution in [-0.2, 0) is 9.53 Å².